The number of nitrogens with zero attached hydrogens (tertiary/aromatic N) is 2. The van der Waals surface area contributed by atoms with Gasteiger partial charge in [0.05, 0.1) is 25.5 Å². The molecule has 0 radical (unpaired) electrons. The Morgan fingerprint density at radius 1 is 1.62 bits per heavy atom. The van der Waals surface area contributed by atoms with E-state index in [-0.39, 0.29) is 18.5 Å². The maximum Gasteiger partial charge on any atom is 0.345 e. The van der Waals surface area contributed by atoms with Crippen molar-refractivity contribution in [1.82, 2.24) is 15.1 Å². The van der Waals surface area contributed by atoms with Crippen molar-refractivity contribution in [2.75, 3.05) is 39.5 Å². The summed E-state index contributed by atoms with van der Waals surface area (Å²) in [4.78, 5) is 13.9. The minimum absolute atomic E-state index is 0. The summed E-state index contributed by atoms with van der Waals surface area (Å²) in [7, 11) is 0. The number of nitrogens with one attached hydrogen (secondary N) is 1. The van der Waals surface area contributed by atoms with E-state index in [9.17, 15) is 4.79 Å². The van der Waals surface area contributed by atoms with Crippen LogP contribution >= 0.6 is 12.4 Å². The molecule has 0 spiro atoms. The minimum atomic E-state index is -0.420. The molecule has 1 N–H and O–H groups in total. The van der Waals surface area contributed by atoms with Gasteiger partial charge in [-0.05, 0) is 13.8 Å². The molecule has 0 saturated carbocycles. The number of aromatic amines is 1. The molecule has 1 saturated heterocycles. The summed E-state index contributed by atoms with van der Waals surface area (Å²) in [6.45, 7) is 7.97. The molecule has 0 amide bonds. The molecular formula is C13H22ClN3O4. The van der Waals surface area contributed by atoms with Gasteiger partial charge in [-0.3, -0.25) is 4.90 Å². The van der Waals surface area contributed by atoms with E-state index in [1.807, 2.05) is 0 Å². The van der Waals surface area contributed by atoms with Gasteiger partial charge >= 0.3 is 5.97 Å². The van der Waals surface area contributed by atoms with E-state index in [4.69, 9.17) is 14.2 Å². The van der Waals surface area contributed by atoms with Gasteiger partial charge in [0.15, 0.2) is 0 Å². The molecule has 2 rings (SSSR count). The van der Waals surface area contributed by atoms with Crippen LogP contribution in [0.5, 0.6) is 5.88 Å². The summed E-state index contributed by atoms with van der Waals surface area (Å²) < 4.78 is 16.0. The first-order valence-electron chi connectivity index (χ1n) is 6.88. The summed E-state index contributed by atoms with van der Waals surface area (Å²) in [6, 6.07) is 0. The lowest BCUT2D eigenvalue weighted by Crippen LogP contribution is -2.42. The second-order valence-corrected chi connectivity index (χ2v) is 4.66. The molecule has 1 unspecified atom stereocenters. The molecule has 1 aromatic heterocycles. The van der Waals surface area contributed by atoms with Gasteiger partial charge in [0.25, 0.3) is 0 Å². The molecule has 7 nitrogen and oxygen atoms in total. The van der Waals surface area contributed by atoms with Crippen LogP contribution in [-0.4, -0.2) is 66.6 Å². The molecule has 1 aliphatic heterocycles. The van der Waals surface area contributed by atoms with Gasteiger partial charge in [-0.1, -0.05) is 0 Å². The average molecular weight is 320 g/mol. The molecule has 1 atom stereocenters. The molecule has 8 heteroatoms. The topological polar surface area (TPSA) is 76.7 Å². The number of carbonyl (C=O) groups is 1. The number of rotatable bonds is 6. The third kappa shape index (κ3) is 5.18. The van der Waals surface area contributed by atoms with Crippen LogP contribution < -0.4 is 4.74 Å². The Hall–Kier alpha value is -1.31. The van der Waals surface area contributed by atoms with Crippen LogP contribution in [0.1, 0.15) is 24.2 Å². The molecule has 120 valence electrons. The van der Waals surface area contributed by atoms with Crippen LogP contribution in [-0.2, 0) is 9.47 Å². The van der Waals surface area contributed by atoms with Crippen molar-refractivity contribution in [3.8, 4) is 5.88 Å². The zero-order valence-corrected chi connectivity index (χ0v) is 13.1. The van der Waals surface area contributed by atoms with Gasteiger partial charge in [0.2, 0.25) is 5.88 Å². The van der Waals surface area contributed by atoms with E-state index in [1.54, 1.807) is 6.92 Å². The molecule has 1 fully saturated rings. The molecule has 21 heavy (non-hydrogen) atoms. The lowest BCUT2D eigenvalue weighted by Gasteiger charge is -2.30. The van der Waals surface area contributed by atoms with Gasteiger partial charge < -0.3 is 14.2 Å². The summed E-state index contributed by atoms with van der Waals surface area (Å²) in [5.41, 5.74) is 0.335. The number of halogens is 1. The number of carbonyl (C=O) groups excluding carboxylic acids is 1. The van der Waals surface area contributed by atoms with Crippen molar-refractivity contribution in [2.24, 2.45) is 0 Å². The fourth-order valence-electron chi connectivity index (χ4n) is 2.11. The van der Waals surface area contributed by atoms with E-state index in [1.165, 1.54) is 6.20 Å². The largest absolute Gasteiger partial charge is 0.476 e. The molecule has 1 aromatic rings. The smallest absolute Gasteiger partial charge is 0.345 e. The monoisotopic (exact) mass is 319 g/mol. The van der Waals surface area contributed by atoms with Crippen LogP contribution in [0.2, 0.25) is 0 Å². The fraction of sp³-hybridized carbons (Fsp3) is 0.692. The fourth-order valence-corrected chi connectivity index (χ4v) is 2.11. The van der Waals surface area contributed by atoms with E-state index < -0.39 is 5.97 Å². The van der Waals surface area contributed by atoms with Crippen molar-refractivity contribution >= 4 is 18.4 Å². The van der Waals surface area contributed by atoms with Crippen LogP contribution in [0.15, 0.2) is 6.20 Å². The number of H-pyrrole nitrogens is 1. The quantitative estimate of drug-likeness (QED) is 0.792. The highest BCUT2D eigenvalue weighted by molar-refractivity contribution is 5.91. The first kappa shape index (κ1) is 17.7. The third-order valence-electron chi connectivity index (χ3n) is 3.08. The minimum Gasteiger partial charge on any atom is -0.476 e. The van der Waals surface area contributed by atoms with Crippen molar-refractivity contribution < 1.29 is 19.0 Å². The van der Waals surface area contributed by atoms with Crippen LogP contribution in [0.4, 0.5) is 0 Å². The number of hydrogen-bond acceptors (Lipinski definition) is 6. The Morgan fingerprint density at radius 3 is 3.14 bits per heavy atom. The summed E-state index contributed by atoms with van der Waals surface area (Å²) >= 11 is 0. The second kappa shape index (κ2) is 8.86. The van der Waals surface area contributed by atoms with Gasteiger partial charge in [0, 0.05) is 19.6 Å². The number of morpholine rings is 1. The number of hydrogen-bond donors (Lipinski definition) is 1. The molecule has 1 aliphatic rings. The molecular weight excluding hydrogens is 298 g/mol. The van der Waals surface area contributed by atoms with E-state index >= 15 is 0 Å². The first-order valence-corrected chi connectivity index (χ1v) is 6.88. The second-order valence-electron chi connectivity index (χ2n) is 4.66. The summed E-state index contributed by atoms with van der Waals surface area (Å²) in [5.74, 6) is -0.0546. The Bertz CT molecular complexity index is 441. The van der Waals surface area contributed by atoms with Gasteiger partial charge in [0.1, 0.15) is 12.2 Å². The first-order chi connectivity index (χ1) is 9.70. The van der Waals surface area contributed by atoms with Crippen molar-refractivity contribution in [3.05, 3.63) is 11.8 Å². The Morgan fingerprint density at radius 2 is 2.43 bits per heavy atom. The lowest BCUT2D eigenvalue weighted by atomic mass is 10.3. The Labute approximate surface area is 130 Å². The van der Waals surface area contributed by atoms with E-state index in [0.29, 0.717) is 24.7 Å². The van der Waals surface area contributed by atoms with E-state index in [0.717, 1.165) is 26.2 Å². The predicted octanol–water partition coefficient (Wildman–Crippen LogP) is 1.11. The maximum atomic E-state index is 11.6. The number of aromatic nitrogens is 2. The lowest BCUT2D eigenvalue weighted by molar-refractivity contribution is -0.0215. The van der Waals surface area contributed by atoms with E-state index in [2.05, 4.69) is 22.0 Å². The number of ether oxygens (including phenoxy) is 3. The summed E-state index contributed by atoms with van der Waals surface area (Å²) in [6.07, 6.45) is 1.68. The molecule has 0 bridgehead atoms. The van der Waals surface area contributed by atoms with Gasteiger partial charge in [-0.2, -0.15) is 5.10 Å². The van der Waals surface area contributed by atoms with Gasteiger partial charge in [-0.15, -0.1) is 12.4 Å². The van der Waals surface area contributed by atoms with Gasteiger partial charge in [-0.25, -0.2) is 9.89 Å². The highest BCUT2D eigenvalue weighted by atomic mass is 35.5. The Balaban J connectivity index is 0.00000220. The zero-order valence-electron chi connectivity index (χ0n) is 12.3. The highest BCUT2D eigenvalue weighted by Crippen LogP contribution is 2.15. The number of esters is 1. The predicted molar refractivity (Wildman–Crippen MR) is 79.1 cm³/mol. The van der Waals surface area contributed by atoms with Crippen LogP contribution in [0.25, 0.3) is 0 Å². The van der Waals surface area contributed by atoms with Crippen LogP contribution in [0.3, 0.4) is 0 Å². The molecule has 0 aliphatic carbocycles. The van der Waals surface area contributed by atoms with Crippen molar-refractivity contribution in [2.45, 2.75) is 20.0 Å². The normalized spacial score (nSPS) is 18.9. The Kier molecular flexibility index (Phi) is 7.49. The zero-order chi connectivity index (χ0) is 14.4. The average Bonchev–Trinajstić information content (AvgIpc) is 2.87. The van der Waals surface area contributed by atoms with Crippen molar-refractivity contribution in [1.29, 1.82) is 0 Å². The third-order valence-corrected chi connectivity index (χ3v) is 3.08. The maximum absolute atomic E-state index is 11.6. The van der Waals surface area contributed by atoms with Crippen molar-refractivity contribution in [3.63, 3.8) is 0 Å². The van der Waals surface area contributed by atoms with Crippen LogP contribution in [0, 0.1) is 0 Å². The molecule has 0 aromatic carbocycles. The highest BCUT2D eigenvalue weighted by Gasteiger charge is 2.18. The SMILES string of the molecule is CCOC(=O)c1cn[nH]c1OCCN1CCOC(C)C1.Cl. The molecule has 2 heterocycles. The summed E-state index contributed by atoms with van der Waals surface area (Å²) in [5, 5.41) is 6.49. The standard InChI is InChI=1S/C13H21N3O4.ClH/c1-3-18-13(17)11-8-14-15-12(11)20-7-5-16-4-6-19-10(2)9-16;/h8,10H,3-7,9H2,1-2H3,(H,14,15);1H.